The van der Waals surface area contributed by atoms with E-state index in [2.05, 4.69) is 13.8 Å². The van der Waals surface area contributed by atoms with Crippen LogP contribution in [0.1, 0.15) is 42.0 Å². The summed E-state index contributed by atoms with van der Waals surface area (Å²) in [5, 5.41) is 0.183. The highest BCUT2D eigenvalue weighted by molar-refractivity contribution is 7.86. The third-order valence-electron chi connectivity index (χ3n) is 6.53. The minimum atomic E-state index is -3.67. The van der Waals surface area contributed by atoms with Crippen LogP contribution in [0.4, 0.5) is 0 Å². The van der Waals surface area contributed by atoms with Crippen molar-refractivity contribution in [2.24, 2.45) is 5.92 Å². The number of carbonyl (C=O) groups excluding carboxylic acids is 1. The molecular weight excluding hydrogens is 566 g/mol. The zero-order chi connectivity index (χ0) is 29.7. The molecule has 218 valence electrons. The van der Waals surface area contributed by atoms with Gasteiger partial charge in [0.1, 0.15) is 11.6 Å². The first-order valence-corrected chi connectivity index (χ1v) is 15.3. The second-order valence-corrected chi connectivity index (χ2v) is 12.1. The van der Waals surface area contributed by atoms with E-state index < -0.39 is 10.1 Å². The zero-order valence-electron chi connectivity index (χ0n) is 23.8. The fourth-order valence-corrected chi connectivity index (χ4v) is 5.30. The number of halogens is 1. The molecule has 0 unspecified atom stereocenters. The van der Waals surface area contributed by atoms with Gasteiger partial charge in [0.05, 0.1) is 48.6 Å². The Morgan fingerprint density at radius 3 is 2.49 bits per heavy atom. The van der Waals surface area contributed by atoms with Crippen molar-refractivity contribution in [3.8, 4) is 17.2 Å². The van der Waals surface area contributed by atoms with Gasteiger partial charge in [-0.3, -0.25) is 4.79 Å². The van der Waals surface area contributed by atoms with Gasteiger partial charge < -0.3 is 23.1 Å². The van der Waals surface area contributed by atoms with Crippen molar-refractivity contribution in [3.63, 3.8) is 0 Å². The van der Waals surface area contributed by atoms with E-state index in [1.807, 2.05) is 34.9 Å². The third-order valence-corrected chi connectivity index (χ3v) is 7.40. The Hall–Kier alpha value is -3.76. The quantitative estimate of drug-likeness (QED) is 0.190. The van der Waals surface area contributed by atoms with Crippen molar-refractivity contribution in [1.29, 1.82) is 0 Å². The van der Waals surface area contributed by atoms with Gasteiger partial charge in [-0.05, 0) is 54.3 Å². The molecule has 0 fully saturated rings. The number of para-hydroxylation sites is 2. The van der Waals surface area contributed by atoms with Crippen LogP contribution in [-0.2, 0) is 23.2 Å². The molecule has 4 rings (SSSR count). The van der Waals surface area contributed by atoms with Crippen molar-refractivity contribution >= 4 is 38.7 Å². The van der Waals surface area contributed by atoms with E-state index >= 15 is 0 Å². The van der Waals surface area contributed by atoms with Crippen molar-refractivity contribution in [3.05, 3.63) is 82.6 Å². The highest BCUT2D eigenvalue weighted by Gasteiger charge is 2.25. The van der Waals surface area contributed by atoms with Gasteiger partial charge in [0.2, 0.25) is 0 Å². The number of benzene rings is 3. The highest BCUT2D eigenvalue weighted by Crippen LogP contribution is 2.38. The second-order valence-electron chi connectivity index (χ2n) is 10.1. The third kappa shape index (κ3) is 7.31. The molecule has 1 amide bonds. The molecule has 0 atom stereocenters. The number of hydrogen-bond donors (Lipinski definition) is 0. The van der Waals surface area contributed by atoms with Gasteiger partial charge >= 0.3 is 10.1 Å². The van der Waals surface area contributed by atoms with E-state index in [1.165, 1.54) is 14.2 Å². The van der Waals surface area contributed by atoms with Gasteiger partial charge in [0.15, 0.2) is 11.5 Å². The fourth-order valence-electron chi connectivity index (χ4n) is 4.54. The molecule has 0 radical (unpaired) electrons. The molecule has 11 heteroatoms. The van der Waals surface area contributed by atoms with Gasteiger partial charge in [-0.1, -0.05) is 49.7 Å². The number of nitrogens with zero attached hydrogens (tertiary/aromatic N) is 3. The van der Waals surface area contributed by atoms with Crippen LogP contribution >= 0.6 is 11.6 Å². The van der Waals surface area contributed by atoms with Crippen molar-refractivity contribution in [2.75, 3.05) is 27.0 Å². The Bertz CT molecular complexity index is 1650. The van der Waals surface area contributed by atoms with Crippen LogP contribution in [0.2, 0.25) is 5.02 Å². The normalized spacial score (nSPS) is 11.6. The van der Waals surface area contributed by atoms with Crippen LogP contribution in [0.5, 0.6) is 17.2 Å². The number of hydrogen-bond acceptors (Lipinski definition) is 7. The number of carbonyl (C=O) groups is 1. The number of ether oxygens (including phenoxy) is 2. The maximum absolute atomic E-state index is 13.9. The Labute approximate surface area is 245 Å². The van der Waals surface area contributed by atoms with E-state index in [0.29, 0.717) is 41.9 Å². The van der Waals surface area contributed by atoms with E-state index in [0.717, 1.165) is 29.3 Å². The average Bonchev–Trinajstić information content (AvgIpc) is 3.26. The molecule has 0 saturated carbocycles. The van der Waals surface area contributed by atoms with Gasteiger partial charge in [-0.15, -0.1) is 0 Å². The first-order valence-electron chi connectivity index (χ1n) is 13.1. The lowest BCUT2D eigenvalue weighted by atomic mass is 10.1. The van der Waals surface area contributed by atoms with Crippen molar-refractivity contribution < 1.29 is 26.9 Å². The molecule has 0 spiro atoms. The number of fused-ring (bicyclic) bond motifs is 1. The summed E-state index contributed by atoms with van der Waals surface area (Å²) < 4.78 is 41.2. The fraction of sp³-hybridized carbons (Fsp3) is 0.333. The predicted octanol–water partition coefficient (Wildman–Crippen LogP) is 5.78. The van der Waals surface area contributed by atoms with E-state index in [9.17, 15) is 13.2 Å². The first kappa shape index (κ1) is 30.2. The molecule has 0 bridgehead atoms. The lowest BCUT2D eigenvalue weighted by Crippen LogP contribution is -2.33. The van der Waals surface area contributed by atoms with Crippen LogP contribution in [-0.4, -0.2) is 55.8 Å². The maximum Gasteiger partial charge on any atom is 0.306 e. The monoisotopic (exact) mass is 599 g/mol. The van der Waals surface area contributed by atoms with Gasteiger partial charge in [0, 0.05) is 13.1 Å². The predicted molar refractivity (Wildman–Crippen MR) is 160 cm³/mol. The summed E-state index contributed by atoms with van der Waals surface area (Å²) in [5.74, 6) is 1.75. The Morgan fingerprint density at radius 1 is 1.05 bits per heavy atom. The first-order chi connectivity index (χ1) is 19.5. The molecule has 41 heavy (non-hydrogen) atoms. The minimum absolute atomic E-state index is 0.183. The molecule has 0 N–H and O–H groups in total. The molecule has 1 heterocycles. The van der Waals surface area contributed by atoms with Crippen molar-refractivity contribution in [1.82, 2.24) is 14.5 Å². The molecule has 4 aromatic rings. The van der Waals surface area contributed by atoms with Gasteiger partial charge in [-0.25, -0.2) is 4.98 Å². The minimum Gasteiger partial charge on any atom is -0.493 e. The lowest BCUT2D eigenvalue weighted by Gasteiger charge is -2.25. The summed E-state index contributed by atoms with van der Waals surface area (Å²) >= 11 is 6.63. The number of imidazole rings is 1. The standard InChI is InChI=1S/C30H34ClN3O6S/c1-20(2)15-16-33(30(35)23-13-14-26(38-3)29(39-4)28(23)31)19-27-32-24-11-6-7-12-25(24)34(27)18-21-9-8-10-22(17-21)40-41(5,36)37/h6-14,17,20H,15-16,18-19H2,1-5H3. The van der Waals surface area contributed by atoms with Crippen LogP contribution in [0.25, 0.3) is 11.0 Å². The number of rotatable bonds is 12. The molecule has 0 aliphatic heterocycles. The highest BCUT2D eigenvalue weighted by atomic mass is 35.5. The second kappa shape index (κ2) is 12.8. The van der Waals surface area contributed by atoms with Crippen LogP contribution in [0.3, 0.4) is 0 Å². The molecule has 1 aromatic heterocycles. The summed E-state index contributed by atoms with van der Waals surface area (Å²) in [6, 6.07) is 17.9. The average molecular weight is 600 g/mol. The molecule has 0 aliphatic rings. The van der Waals surface area contributed by atoms with Crippen LogP contribution in [0, 0.1) is 5.92 Å². The molecule has 0 aliphatic carbocycles. The van der Waals surface area contributed by atoms with Gasteiger partial charge in [0.25, 0.3) is 5.91 Å². The summed E-state index contributed by atoms with van der Waals surface area (Å²) in [4.78, 5) is 20.6. The molecular formula is C30H34ClN3O6S. The molecule has 0 saturated heterocycles. The van der Waals surface area contributed by atoms with E-state index in [-0.39, 0.29) is 23.2 Å². The number of aromatic nitrogens is 2. The number of methoxy groups -OCH3 is 2. The Balaban J connectivity index is 1.73. The van der Waals surface area contributed by atoms with Crippen LogP contribution in [0.15, 0.2) is 60.7 Å². The zero-order valence-corrected chi connectivity index (χ0v) is 25.3. The van der Waals surface area contributed by atoms with Gasteiger partial charge in [-0.2, -0.15) is 8.42 Å². The summed E-state index contributed by atoms with van der Waals surface area (Å²) in [5.41, 5.74) is 2.80. The topological polar surface area (TPSA) is 100.0 Å². The summed E-state index contributed by atoms with van der Waals surface area (Å²) in [6.45, 7) is 5.31. The molecule has 3 aromatic carbocycles. The molecule has 9 nitrogen and oxygen atoms in total. The number of amides is 1. The van der Waals surface area contributed by atoms with Crippen molar-refractivity contribution in [2.45, 2.75) is 33.4 Å². The lowest BCUT2D eigenvalue weighted by molar-refractivity contribution is 0.0729. The van der Waals surface area contributed by atoms with E-state index in [1.54, 1.807) is 35.2 Å². The summed E-state index contributed by atoms with van der Waals surface area (Å²) in [6.07, 6.45) is 1.79. The van der Waals surface area contributed by atoms with E-state index in [4.69, 9.17) is 30.2 Å². The summed E-state index contributed by atoms with van der Waals surface area (Å²) in [7, 11) is -0.677. The Kier molecular flexibility index (Phi) is 9.45. The SMILES string of the molecule is COc1ccc(C(=O)N(CCC(C)C)Cc2nc3ccccc3n2Cc2cccc(OS(C)(=O)=O)c2)c(Cl)c1OC. The maximum atomic E-state index is 13.9. The smallest absolute Gasteiger partial charge is 0.306 e. The largest absolute Gasteiger partial charge is 0.493 e. The van der Waals surface area contributed by atoms with Crippen LogP contribution < -0.4 is 13.7 Å². The Morgan fingerprint density at radius 2 is 1.80 bits per heavy atom.